The van der Waals surface area contributed by atoms with Crippen LogP contribution in [-0.4, -0.2) is 23.2 Å². The number of nitrogens with zero attached hydrogens (tertiary/aromatic N) is 1. The Morgan fingerprint density at radius 2 is 1.68 bits per heavy atom. The largest absolute Gasteiger partial charge is 0.354 e. The highest BCUT2D eigenvalue weighted by molar-refractivity contribution is 7.91. The fourth-order valence-electron chi connectivity index (χ4n) is 4.40. The number of urea groups is 1. The van der Waals surface area contributed by atoms with Crippen LogP contribution in [-0.2, 0) is 42.1 Å². The number of amides is 2. The Kier molecular flexibility index (Phi) is 6.36. The lowest BCUT2D eigenvalue weighted by Gasteiger charge is -2.15. The Labute approximate surface area is 180 Å². The van der Waals surface area contributed by atoms with Crippen molar-refractivity contribution in [3.05, 3.63) is 58.1 Å². The van der Waals surface area contributed by atoms with Crippen LogP contribution in [0.5, 0.6) is 0 Å². The summed E-state index contributed by atoms with van der Waals surface area (Å²) in [6, 6.07) is 7.83. The van der Waals surface area contributed by atoms with E-state index in [-0.39, 0.29) is 11.4 Å². The Hall–Kier alpha value is -2.36. The first kappa shape index (κ1) is 21.9. The highest BCUT2D eigenvalue weighted by Crippen LogP contribution is 2.38. The zero-order valence-electron chi connectivity index (χ0n) is 17.1. The van der Waals surface area contributed by atoms with Crippen LogP contribution in [0.25, 0.3) is 0 Å². The third-order valence-corrected chi connectivity index (χ3v) is 7.20. The van der Waals surface area contributed by atoms with Gasteiger partial charge in [-0.05, 0) is 78.5 Å². The summed E-state index contributed by atoms with van der Waals surface area (Å²) in [5.74, 6) is 0. The van der Waals surface area contributed by atoms with Gasteiger partial charge >= 0.3 is 6.03 Å². The fraction of sp³-hybridized carbons (Fsp3) is 0.409. The van der Waals surface area contributed by atoms with Crippen LogP contribution in [0.15, 0.2) is 39.6 Å². The lowest BCUT2D eigenvalue weighted by molar-refractivity contribution is 0.145. The van der Waals surface area contributed by atoms with Crippen LogP contribution in [0.4, 0.5) is 19.3 Å². The second-order valence-corrected chi connectivity index (χ2v) is 9.78. The van der Waals surface area contributed by atoms with Gasteiger partial charge in [0, 0.05) is 12.2 Å². The van der Waals surface area contributed by atoms with E-state index in [1.54, 1.807) is 12.1 Å². The Balaban J connectivity index is 1.51. The van der Waals surface area contributed by atoms with E-state index in [9.17, 15) is 17.8 Å². The summed E-state index contributed by atoms with van der Waals surface area (Å²) >= 11 is 0. The van der Waals surface area contributed by atoms with E-state index in [1.807, 2.05) is 0 Å². The molecule has 0 spiro atoms. The van der Waals surface area contributed by atoms with Crippen molar-refractivity contribution in [2.45, 2.75) is 56.4 Å². The van der Waals surface area contributed by atoms with Gasteiger partial charge in [0.1, 0.15) is 9.92 Å². The summed E-state index contributed by atoms with van der Waals surface area (Å²) in [5, 5.41) is 11.4. The molecular formula is C22H26F2N4O2S. The van der Waals surface area contributed by atoms with Crippen LogP contribution in [0.2, 0.25) is 0 Å². The molecule has 2 aromatic rings. The number of alkyl halides is 2. The Morgan fingerprint density at radius 3 is 2.26 bits per heavy atom. The van der Waals surface area contributed by atoms with E-state index in [0.717, 1.165) is 60.9 Å². The molecule has 0 saturated carbocycles. The number of rotatable bonds is 6. The molecule has 1 unspecified atom stereocenters. The van der Waals surface area contributed by atoms with Gasteiger partial charge in [-0.15, -0.1) is 4.36 Å². The number of carbonyl (C=O) groups is 1. The number of hydrogen-bond donors (Lipinski definition) is 3. The van der Waals surface area contributed by atoms with Crippen molar-refractivity contribution in [1.29, 1.82) is 0 Å². The number of nitrogens with two attached hydrogens (primary N) is 1. The van der Waals surface area contributed by atoms with E-state index in [2.05, 4.69) is 21.1 Å². The second-order valence-electron chi connectivity index (χ2n) is 7.99. The average molecular weight is 449 g/mol. The molecule has 0 radical (unpaired) electrons. The van der Waals surface area contributed by atoms with Crippen molar-refractivity contribution in [3.8, 4) is 0 Å². The SMILES string of the molecule is NS(=O)(=NC(=O)Nc1c2c(cc3c1CCC3)CCC2)c1ccc(CNCC(F)F)cc1. The molecular weight excluding hydrogens is 422 g/mol. The molecule has 1 atom stereocenters. The number of nitrogens with one attached hydrogen (secondary N) is 2. The lowest BCUT2D eigenvalue weighted by atomic mass is 9.99. The monoisotopic (exact) mass is 448 g/mol. The minimum absolute atomic E-state index is 0.212. The molecule has 0 aromatic heterocycles. The van der Waals surface area contributed by atoms with Gasteiger partial charge in [-0.25, -0.2) is 22.9 Å². The van der Waals surface area contributed by atoms with Gasteiger partial charge in [0.15, 0.2) is 0 Å². The maximum atomic E-state index is 12.9. The first-order chi connectivity index (χ1) is 14.8. The third-order valence-electron chi connectivity index (χ3n) is 5.81. The van der Waals surface area contributed by atoms with E-state index in [1.165, 1.54) is 23.3 Å². The summed E-state index contributed by atoms with van der Waals surface area (Å²) in [6.07, 6.45) is 3.54. The molecule has 4 N–H and O–H groups in total. The minimum atomic E-state index is -3.44. The average Bonchev–Trinajstić information content (AvgIpc) is 3.37. The van der Waals surface area contributed by atoms with Crippen LogP contribution >= 0.6 is 0 Å². The van der Waals surface area contributed by atoms with Crippen molar-refractivity contribution >= 4 is 21.6 Å². The highest BCUT2D eigenvalue weighted by Gasteiger charge is 2.25. The fourth-order valence-corrected chi connectivity index (χ4v) is 5.32. The quantitative estimate of drug-likeness (QED) is 0.624. The molecule has 0 heterocycles. The van der Waals surface area contributed by atoms with Crippen molar-refractivity contribution in [2.24, 2.45) is 9.50 Å². The smallest absolute Gasteiger partial charge is 0.307 e. The summed E-state index contributed by atoms with van der Waals surface area (Å²) in [5.41, 5.74) is 6.44. The van der Waals surface area contributed by atoms with Crippen molar-refractivity contribution in [3.63, 3.8) is 0 Å². The number of aryl methyl sites for hydroxylation is 2. The topological polar surface area (TPSA) is 96.6 Å². The van der Waals surface area contributed by atoms with Crippen LogP contribution in [0.1, 0.15) is 40.7 Å². The molecule has 2 amide bonds. The molecule has 6 nitrogen and oxygen atoms in total. The van der Waals surface area contributed by atoms with Crippen LogP contribution in [0.3, 0.4) is 0 Å². The van der Waals surface area contributed by atoms with Crippen molar-refractivity contribution < 1.29 is 17.8 Å². The van der Waals surface area contributed by atoms with Crippen LogP contribution in [0, 0.1) is 0 Å². The molecule has 2 aliphatic rings. The molecule has 2 aromatic carbocycles. The number of halogens is 2. The standard InChI is InChI=1S/C22H26F2N4O2S/c23-20(24)13-26-12-14-7-9-17(10-8-14)31(25,30)28-22(29)27-21-18-5-1-3-15(18)11-16-4-2-6-19(16)21/h7-11,20,26H,1-6,12-13H2,(H3,25,27,28,29,30). The molecule has 0 aliphatic heterocycles. The van der Waals surface area contributed by atoms with E-state index in [0.29, 0.717) is 0 Å². The van der Waals surface area contributed by atoms with Gasteiger partial charge in [-0.1, -0.05) is 18.2 Å². The number of fused-ring (bicyclic) bond motifs is 2. The van der Waals surface area contributed by atoms with Gasteiger partial charge in [-0.2, -0.15) is 0 Å². The second kappa shape index (κ2) is 9.02. The highest BCUT2D eigenvalue weighted by atomic mass is 32.2. The summed E-state index contributed by atoms with van der Waals surface area (Å²) in [7, 11) is -3.44. The molecule has 31 heavy (non-hydrogen) atoms. The van der Waals surface area contributed by atoms with E-state index < -0.39 is 28.9 Å². The maximum Gasteiger partial charge on any atom is 0.354 e. The third kappa shape index (κ3) is 4.94. The number of carbonyl (C=O) groups excluding carboxylic acids is 1. The van der Waals surface area contributed by atoms with Gasteiger partial charge in [0.25, 0.3) is 6.43 Å². The van der Waals surface area contributed by atoms with Gasteiger partial charge in [0.05, 0.1) is 11.4 Å². The molecule has 0 saturated heterocycles. The predicted molar refractivity (Wildman–Crippen MR) is 117 cm³/mol. The molecule has 0 bridgehead atoms. The molecule has 4 rings (SSSR count). The summed E-state index contributed by atoms with van der Waals surface area (Å²) in [4.78, 5) is 12.9. The minimum Gasteiger partial charge on any atom is -0.307 e. The zero-order chi connectivity index (χ0) is 22.0. The van der Waals surface area contributed by atoms with Crippen molar-refractivity contribution in [1.82, 2.24) is 5.32 Å². The van der Waals surface area contributed by atoms with Crippen LogP contribution < -0.4 is 15.8 Å². The summed E-state index contributed by atoms with van der Waals surface area (Å²) in [6.45, 7) is -0.157. The molecule has 2 aliphatic carbocycles. The normalized spacial score (nSPS) is 16.6. The molecule has 0 fully saturated rings. The Morgan fingerprint density at radius 1 is 1.06 bits per heavy atom. The number of hydrogen-bond acceptors (Lipinski definition) is 3. The van der Waals surface area contributed by atoms with E-state index in [4.69, 9.17) is 5.14 Å². The first-order valence-electron chi connectivity index (χ1n) is 10.4. The summed E-state index contributed by atoms with van der Waals surface area (Å²) < 4.78 is 41.1. The van der Waals surface area contributed by atoms with E-state index >= 15 is 0 Å². The van der Waals surface area contributed by atoms with Gasteiger partial charge in [0.2, 0.25) is 0 Å². The van der Waals surface area contributed by atoms with Gasteiger partial charge in [-0.3, -0.25) is 0 Å². The number of benzene rings is 2. The first-order valence-corrected chi connectivity index (χ1v) is 12.0. The van der Waals surface area contributed by atoms with Crippen molar-refractivity contribution in [2.75, 3.05) is 11.9 Å². The van der Waals surface area contributed by atoms with Gasteiger partial charge < -0.3 is 10.6 Å². The molecule has 166 valence electrons. The number of anilines is 1. The Bertz CT molecular complexity index is 1080. The predicted octanol–water partition coefficient (Wildman–Crippen LogP) is 3.95. The molecule has 9 heteroatoms. The zero-order valence-corrected chi connectivity index (χ0v) is 17.9. The lowest BCUT2D eigenvalue weighted by Crippen LogP contribution is -2.21. The maximum absolute atomic E-state index is 12.9.